The van der Waals surface area contributed by atoms with E-state index in [2.05, 4.69) is 10.00 Å². The smallest absolute Gasteiger partial charge is 0.227 e. The summed E-state index contributed by atoms with van der Waals surface area (Å²) in [5, 5.41) is 4.09. The Bertz CT molecular complexity index is 723. The summed E-state index contributed by atoms with van der Waals surface area (Å²) >= 11 is 0. The zero-order valence-corrected chi connectivity index (χ0v) is 13.9. The monoisotopic (exact) mass is 332 g/mol. The second-order valence-corrected chi connectivity index (χ2v) is 5.89. The van der Waals surface area contributed by atoms with Crippen molar-refractivity contribution in [3.05, 3.63) is 42.0 Å². The molecule has 0 radical (unpaired) electrons. The van der Waals surface area contributed by atoms with Crippen molar-refractivity contribution in [3.8, 4) is 5.75 Å². The first kappa shape index (κ1) is 16.3. The molecule has 0 atom stereocenters. The number of aromatic nitrogens is 2. The number of ether oxygens (including phenoxy) is 1. The molecule has 0 saturated carbocycles. The second kappa shape index (κ2) is 6.90. The van der Waals surface area contributed by atoms with E-state index in [-0.39, 0.29) is 17.5 Å². The standard InChI is InChI=1S/C17H21FN4O2/c1-20-12-13(11-19-20)9-17(23)22-7-5-21(6-8-22)14-3-4-15(18)16(10-14)24-2/h3-4,10-12H,5-9H2,1-2H3. The van der Waals surface area contributed by atoms with Crippen molar-refractivity contribution in [2.24, 2.45) is 7.05 Å². The number of amides is 1. The number of rotatable bonds is 4. The molecule has 0 spiro atoms. The first-order valence-corrected chi connectivity index (χ1v) is 7.90. The summed E-state index contributed by atoms with van der Waals surface area (Å²) < 4.78 is 20.2. The molecular formula is C17H21FN4O2. The molecule has 1 aliphatic heterocycles. The Hall–Kier alpha value is -2.57. The highest BCUT2D eigenvalue weighted by atomic mass is 19.1. The molecule has 0 aliphatic carbocycles. The number of piperazine rings is 1. The van der Waals surface area contributed by atoms with Crippen LogP contribution in [-0.2, 0) is 18.3 Å². The van der Waals surface area contributed by atoms with Gasteiger partial charge in [-0.1, -0.05) is 0 Å². The van der Waals surface area contributed by atoms with E-state index in [1.807, 2.05) is 18.1 Å². The van der Waals surface area contributed by atoms with Crippen LogP contribution in [-0.4, -0.2) is 53.9 Å². The molecule has 7 heteroatoms. The van der Waals surface area contributed by atoms with Gasteiger partial charge in [0.1, 0.15) is 0 Å². The van der Waals surface area contributed by atoms with Gasteiger partial charge in [0.2, 0.25) is 5.91 Å². The minimum Gasteiger partial charge on any atom is -0.494 e. The topological polar surface area (TPSA) is 50.6 Å². The van der Waals surface area contributed by atoms with Gasteiger partial charge >= 0.3 is 0 Å². The molecule has 2 aromatic rings. The van der Waals surface area contributed by atoms with Crippen molar-refractivity contribution in [2.45, 2.75) is 6.42 Å². The number of carbonyl (C=O) groups is 1. The van der Waals surface area contributed by atoms with Crippen LogP contribution in [0.25, 0.3) is 0 Å². The van der Waals surface area contributed by atoms with Gasteiger partial charge in [-0.15, -0.1) is 0 Å². The number of methoxy groups -OCH3 is 1. The number of carbonyl (C=O) groups excluding carboxylic acids is 1. The number of benzene rings is 1. The van der Waals surface area contributed by atoms with Gasteiger partial charge in [0, 0.05) is 51.2 Å². The van der Waals surface area contributed by atoms with E-state index in [4.69, 9.17) is 4.74 Å². The Kier molecular flexibility index (Phi) is 4.69. The van der Waals surface area contributed by atoms with Gasteiger partial charge in [-0.2, -0.15) is 5.10 Å². The molecule has 0 unspecified atom stereocenters. The largest absolute Gasteiger partial charge is 0.494 e. The molecule has 3 rings (SSSR count). The minimum absolute atomic E-state index is 0.110. The third-order valence-corrected chi connectivity index (χ3v) is 4.25. The van der Waals surface area contributed by atoms with Gasteiger partial charge in [-0.05, 0) is 17.7 Å². The van der Waals surface area contributed by atoms with E-state index in [0.717, 1.165) is 11.3 Å². The van der Waals surface area contributed by atoms with Gasteiger partial charge in [0.25, 0.3) is 0 Å². The van der Waals surface area contributed by atoms with E-state index < -0.39 is 0 Å². The van der Waals surface area contributed by atoms with E-state index in [0.29, 0.717) is 32.6 Å². The number of halogens is 1. The lowest BCUT2D eigenvalue weighted by Crippen LogP contribution is -2.49. The predicted molar refractivity (Wildman–Crippen MR) is 88.7 cm³/mol. The highest BCUT2D eigenvalue weighted by Crippen LogP contribution is 2.25. The van der Waals surface area contributed by atoms with Crippen molar-refractivity contribution < 1.29 is 13.9 Å². The highest BCUT2D eigenvalue weighted by Gasteiger charge is 2.22. The Morgan fingerprint density at radius 3 is 2.67 bits per heavy atom. The van der Waals surface area contributed by atoms with Crippen LogP contribution in [0.2, 0.25) is 0 Å². The molecule has 1 aliphatic rings. The van der Waals surface area contributed by atoms with E-state index in [1.165, 1.54) is 13.2 Å². The third-order valence-electron chi connectivity index (χ3n) is 4.25. The lowest BCUT2D eigenvalue weighted by Gasteiger charge is -2.36. The zero-order valence-electron chi connectivity index (χ0n) is 13.9. The number of hydrogen-bond donors (Lipinski definition) is 0. The van der Waals surface area contributed by atoms with Crippen LogP contribution in [0.3, 0.4) is 0 Å². The number of hydrogen-bond acceptors (Lipinski definition) is 4. The Balaban J connectivity index is 1.58. The molecule has 1 saturated heterocycles. The lowest BCUT2D eigenvalue weighted by molar-refractivity contribution is -0.130. The number of anilines is 1. The molecule has 0 N–H and O–H groups in total. The van der Waals surface area contributed by atoms with Crippen molar-refractivity contribution in [1.29, 1.82) is 0 Å². The first-order valence-electron chi connectivity index (χ1n) is 7.90. The van der Waals surface area contributed by atoms with Gasteiger partial charge in [0.15, 0.2) is 11.6 Å². The summed E-state index contributed by atoms with van der Waals surface area (Å²) in [5.74, 6) is -0.0199. The van der Waals surface area contributed by atoms with Crippen LogP contribution in [0.4, 0.5) is 10.1 Å². The summed E-state index contributed by atoms with van der Waals surface area (Å²) in [6.45, 7) is 2.73. The quantitative estimate of drug-likeness (QED) is 0.851. The molecule has 24 heavy (non-hydrogen) atoms. The zero-order chi connectivity index (χ0) is 17.1. The van der Waals surface area contributed by atoms with Gasteiger partial charge < -0.3 is 14.5 Å². The molecule has 128 valence electrons. The van der Waals surface area contributed by atoms with Gasteiger partial charge in [-0.25, -0.2) is 4.39 Å². The van der Waals surface area contributed by atoms with Crippen molar-refractivity contribution in [2.75, 3.05) is 38.2 Å². The summed E-state index contributed by atoms with van der Waals surface area (Å²) in [5.41, 5.74) is 1.83. The van der Waals surface area contributed by atoms with Crippen molar-refractivity contribution in [1.82, 2.24) is 14.7 Å². The van der Waals surface area contributed by atoms with E-state index >= 15 is 0 Å². The summed E-state index contributed by atoms with van der Waals surface area (Å²) in [6, 6.07) is 4.85. The normalized spacial score (nSPS) is 14.8. The average Bonchev–Trinajstić information content (AvgIpc) is 3.00. The Morgan fingerprint density at radius 2 is 2.04 bits per heavy atom. The number of aryl methyl sites for hydroxylation is 1. The maximum absolute atomic E-state index is 13.5. The van der Waals surface area contributed by atoms with E-state index in [1.54, 1.807) is 23.0 Å². The van der Waals surface area contributed by atoms with Crippen LogP contribution in [0.1, 0.15) is 5.56 Å². The fourth-order valence-electron chi connectivity index (χ4n) is 2.91. The molecule has 1 aromatic heterocycles. The van der Waals surface area contributed by atoms with Gasteiger partial charge in [-0.3, -0.25) is 9.48 Å². The first-order chi connectivity index (χ1) is 11.6. The lowest BCUT2D eigenvalue weighted by atomic mass is 10.2. The van der Waals surface area contributed by atoms with Crippen molar-refractivity contribution in [3.63, 3.8) is 0 Å². The molecule has 0 bridgehead atoms. The third kappa shape index (κ3) is 3.50. The van der Waals surface area contributed by atoms with Gasteiger partial charge in [0.05, 0.1) is 19.7 Å². The Morgan fingerprint density at radius 1 is 1.29 bits per heavy atom. The predicted octanol–water partition coefficient (Wildman–Crippen LogP) is 1.46. The molecule has 6 nitrogen and oxygen atoms in total. The second-order valence-electron chi connectivity index (χ2n) is 5.89. The van der Waals surface area contributed by atoms with Crippen LogP contribution >= 0.6 is 0 Å². The minimum atomic E-state index is -0.369. The molecule has 1 aromatic carbocycles. The highest BCUT2D eigenvalue weighted by molar-refractivity contribution is 5.79. The maximum Gasteiger partial charge on any atom is 0.227 e. The Labute approximate surface area is 140 Å². The maximum atomic E-state index is 13.5. The van der Waals surface area contributed by atoms with Crippen LogP contribution < -0.4 is 9.64 Å². The SMILES string of the molecule is COc1cc(N2CCN(C(=O)Cc3cnn(C)c3)CC2)ccc1F. The summed E-state index contributed by atoms with van der Waals surface area (Å²) in [4.78, 5) is 16.4. The average molecular weight is 332 g/mol. The molecule has 1 amide bonds. The van der Waals surface area contributed by atoms with Crippen LogP contribution in [0.5, 0.6) is 5.75 Å². The summed E-state index contributed by atoms with van der Waals surface area (Å²) in [6.07, 6.45) is 3.95. The van der Waals surface area contributed by atoms with Crippen molar-refractivity contribution >= 4 is 11.6 Å². The number of nitrogens with zero attached hydrogens (tertiary/aromatic N) is 4. The molecular weight excluding hydrogens is 311 g/mol. The van der Waals surface area contributed by atoms with Crippen LogP contribution in [0.15, 0.2) is 30.6 Å². The van der Waals surface area contributed by atoms with E-state index in [9.17, 15) is 9.18 Å². The molecule has 2 heterocycles. The fourth-order valence-corrected chi connectivity index (χ4v) is 2.91. The van der Waals surface area contributed by atoms with Crippen LogP contribution in [0, 0.1) is 5.82 Å². The summed E-state index contributed by atoms with van der Waals surface area (Å²) in [7, 11) is 3.29. The fraction of sp³-hybridized carbons (Fsp3) is 0.412. The molecule has 1 fully saturated rings.